The topological polar surface area (TPSA) is 72.6 Å². The van der Waals surface area contributed by atoms with Crippen LogP contribution in [0, 0.1) is 5.92 Å². The van der Waals surface area contributed by atoms with Gasteiger partial charge < -0.3 is 9.74 Å². The number of carbonyl (C=O) groups excluding carboxylic acids is 1. The van der Waals surface area contributed by atoms with Crippen molar-refractivity contribution in [2.24, 2.45) is 11.1 Å². The number of nitrogens with zero attached hydrogens (tertiary/aromatic N) is 5. The van der Waals surface area contributed by atoms with E-state index in [1.165, 1.54) is 21.3 Å². The summed E-state index contributed by atoms with van der Waals surface area (Å²) in [6.07, 6.45) is 4.80. The van der Waals surface area contributed by atoms with E-state index in [9.17, 15) is 13.6 Å². The third-order valence-electron chi connectivity index (χ3n) is 4.48. The van der Waals surface area contributed by atoms with Gasteiger partial charge in [-0.05, 0) is 26.0 Å². The quantitative estimate of drug-likeness (QED) is 0.397. The summed E-state index contributed by atoms with van der Waals surface area (Å²) in [6.45, 7) is 4.14. The Labute approximate surface area is 182 Å². The number of aromatic nitrogens is 3. The fourth-order valence-corrected chi connectivity index (χ4v) is 4.11. The van der Waals surface area contributed by atoms with Crippen LogP contribution in [0.1, 0.15) is 20.3 Å². The van der Waals surface area contributed by atoms with E-state index in [4.69, 9.17) is 16.4 Å². The number of amides is 1. The van der Waals surface area contributed by atoms with Crippen molar-refractivity contribution in [2.45, 2.75) is 26.2 Å². The van der Waals surface area contributed by atoms with Gasteiger partial charge in [-0.3, -0.25) is 9.78 Å². The zero-order valence-corrected chi connectivity index (χ0v) is 18.2. The van der Waals surface area contributed by atoms with Gasteiger partial charge in [0.25, 0.3) is 11.8 Å². The normalized spacial score (nSPS) is 17.6. The Bertz CT molecular complexity index is 910. The van der Waals surface area contributed by atoms with Gasteiger partial charge in [0.05, 0.1) is 18.1 Å². The molecule has 0 saturated heterocycles. The Kier molecular flexibility index (Phi) is 7.30. The van der Waals surface area contributed by atoms with Gasteiger partial charge in [0.1, 0.15) is 12.3 Å². The lowest BCUT2D eigenvalue weighted by Gasteiger charge is -2.20. The van der Waals surface area contributed by atoms with Crippen LogP contribution in [0.2, 0.25) is 5.15 Å². The lowest BCUT2D eigenvalue weighted by molar-refractivity contribution is -0.112. The van der Waals surface area contributed by atoms with Gasteiger partial charge in [0.2, 0.25) is 0 Å². The van der Waals surface area contributed by atoms with Crippen molar-refractivity contribution in [3.8, 4) is 5.69 Å². The Balaban J connectivity index is 1.75. The first-order valence-electron chi connectivity index (χ1n) is 9.49. The standard InChI is InChI=1S/C19H22ClF2N5O2S/c1-3-26(16-10-27(24-17(16)20)14-6-5-7-23-9-14)18(28)15(25-29-4-2)12-30-11-13-8-19(13,21)22/h5-7,9-10,13H,3-4,8,11-12H2,1-2H3/b25-15-. The van der Waals surface area contributed by atoms with E-state index >= 15 is 0 Å². The van der Waals surface area contributed by atoms with Gasteiger partial charge >= 0.3 is 0 Å². The molecule has 1 unspecified atom stereocenters. The lowest BCUT2D eigenvalue weighted by Crippen LogP contribution is -2.38. The highest BCUT2D eigenvalue weighted by Crippen LogP contribution is 2.50. The van der Waals surface area contributed by atoms with Gasteiger partial charge in [0, 0.05) is 36.6 Å². The maximum absolute atomic E-state index is 13.1. The molecule has 0 spiro atoms. The number of thioether (sulfide) groups is 1. The van der Waals surface area contributed by atoms with E-state index in [1.54, 1.807) is 38.5 Å². The Morgan fingerprint density at radius 3 is 2.87 bits per heavy atom. The van der Waals surface area contributed by atoms with Crippen LogP contribution >= 0.6 is 23.4 Å². The third-order valence-corrected chi connectivity index (χ3v) is 5.86. The third kappa shape index (κ3) is 5.28. The minimum atomic E-state index is -2.59. The lowest BCUT2D eigenvalue weighted by atomic mass is 10.3. The van der Waals surface area contributed by atoms with E-state index in [1.807, 2.05) is 6.07 Å². The van der Waals surface area contributed by atoms with Crippen molar-refractivity contribution in [1.29, 1.82) is 0 Å². The average molecular weight is 458 g/mol. The van der Waals surface area contributed by atoms with Crippen molar-refractivity contribution in [3.05, 3.63) is 35.9 Å². The molecular formula is C19H22ClF2N5O2S. The van der Waals surface area contributed by atoms with Crippen LogP contribution in [0.15, 0.2) is 35.9 Å². The molecule has 11 heteroatoms. The summed E-state index contributed by atoms with van der Waals surface area (Å²) in [5.74, 6) is -3.21. The SMILES string of the molecule is CCO/N=C(/CSCC1CC1(F)F)C(=O)N(CC)c1cn(-c2cccnc2)nc1Cl. The molecule has 0 N–H and O–H groups in total. The molecule has 162 valence electrons. The predicted octanol–water partition coefficient (Wildman–Crippen LogP) is 4.05. The number of rotatable bonds is 10. The van der Waals surface area contributed by atoms with Crippen LogP contribution in [0.3, 0.4) is 0 Å². The van der Waals surface area contributed by atoms with Gasteiger partial charge in [-0.25, -0.2) is 13.5 Å². The van der Waals surface area contributed by atoms with Crippen molar-refractivity contribution >= 4 is 40.7 Å². The summed E-state index contributed by atoms with van der Waals surface area (Å²) in [6, 6.07) is 3.57. The van der Waals surface area contributed by atoms with E-state index in [0.29, 0.717) is 17.9 Å². The summed E-state index contributed by atoms with van der Waals surface area (Å²) in [7, 11) is 0. The van der Waals surface area contributed by atoms with Crippen LogP contribution in [0.4, 0.5) is 14.5 Å². The first-order chi connectivity index (χ1) is 14.4. The van der Waals surface area contributed by atoms with Crippen LogP contribution in [0.5, 0.6) is 0 Å². The number of hydrogen-bond donors (Lipinski definition) is 0. The highest BCUT2D eigenvalue weighted by Gasteiger charge is 2.56. The molecule has 1 aliphatic rings. The predicted molar refractivity (Wildman–Crippen MR) is 114 cm³/mol. The molecule has 1 atom stereocenters. The molecule has 1 saturated carbocycles. The fraction of sp³-hybridized carbons (Fsp3) is 0.474. The van der Waals surface area contributed by atoms with Gasteiger partial charge in [-0.1, -0.05) is 16.8 Å². The molecule has 2 aromatic rings. The fourth-order valence-electron chi connectivity index (χ4n) is 2.74. The minimum Gasteiger partial charge on any atom is -0.396 e. The van der Waals surface area contributed by atoms with Crippen molar-refractivity contribution < 1.29 is 18.4 Å². The van der Waals surface area contributed by atoms with Crippen molar-refractivity contribution in [1.82, 2.24) is 14.8 Å². The number of carbonyl (C=O) groups is 1. The molecule has 0 radical (unpaired) electrons. The molecule has 0 bridgehead atoms. The monoisotopic (exact) mass is 457 g/mol. The molecule has 0 aliphatic heterocycles. The van der Waals surface area contributed by atoms with Crippen LogP contribution in [-0.4, -0.2) is 57.0 Å². The first kappa shape index (κ1) is 22.5. The summed E-state index contributed by atoms with van der Waals surface area (Å²) in [5, 5.41) is 8.32. The molecule has 7 nitrogen and oxygen atoms in total. The number of pyridine rings is 1. The smallest absolute Gasteiger partial charge is 0.277 e. The number of alkyl halides is 2. The highest BCUT2D eigenvalue weighted by atomic mass is 35.5. The number of anilines is 1. The summed E-state index contributed by atoms with van der Waals surface area (Å²) in [5.41, 5.74) is 1.24. The maximum atomic E-state index is 13.1. The van der Waals surface area contributed by atoms with E-state index < -0.39 is 17.7 Å². The number of hydrogen-bond acceptors (Lipinski definition) is 6. The Morgan fingerprint density at radius 2 is 2.27 bits per heavy atom. The van der Waals surface area contributed by atoms with E-state index in [-0.39, 0.29) is 35.4 Å². The second-order valence-corrected chi connectivity index (χ2v) is 8.03. The number of halogens is 3. The molecular weight excluding hydrogens is 436 g/mol. The van der Waals surface area contributed by atoms with Crippen LogP contribution in [0.25, 0.3) is 5.69 Å². The number of oxime groups is 1. The van der Waals surface area contributed by atoms with Crippen LogP contribution < -0.4 is 4.90 Å². The molecule has 1 amide bonds. The second-order valence-electron chi connectivity index (χ2n) is 6.64. The van der Waals surface area contributed by atoms with E-state index in [2.05, 4.69) is 15.2 Å². The van der Waals surface area contributed by atoms with Gasteiger partial charge in [0.15, 0.2) is 10.9 Å². The molecule has 1 aliphatic carbocycles. The van der Waals surface area contributed by atoms with Crippen LogP contribution in [-0.2, 0) is 9.63 Å². The largest absolute Gasteiger partial charge is 0.396 e. The first-order valence-corrected chi connectivity index (χ1v) is 11.0. The summed E-state index contributed by atoms with van der Waals surface area (Å²) in [4.78, 5) is 23.7. The second kappa shape index (κ2) is 9.74. The zero-order chi connectivity index (χ0) is 21.7. The molecule has 2 aromatic heterocycles. The Morgan fingerprint density at radius 1 is 1.50 bits per heavy atom. The van der Waals surface area contributed by atoms with Gasteiger partial charge in [-0.15, -0.1) is 0 Å². The molecule has 3 rings (SSSR count). The molecule has 30 heavy (non-hydrogen) atoms. The zero-order valence-electron chi connectivity index (χ0n) is 16.6. The molecule has 2 heterocycles. The Hall–Kier alpha value is -2.20. The maximum Gasteiger partial charge on any atom is 0.277 e. The average Bonchev–Trinajstić information content (AvgIpc) is 3.16. The molecule has 1 fully saturated rings. The summed E-state index contributed by atoms with van der Waals surface area (Å²) < 4.78 is 27.7. The molecule has 0 aromatic carbocycles. The summed E-state index contributed by atoms with van der Waals surface area (Å²) >= 11 is 7.54. The van der Waals surface area contributed by atoms with E-state index in [0.717, 1.165) is 0 Å². The van der Waals surface area contributed by atoms with Crippen molar-refractivity contribution in [2.75, 3.05) is 29.6 Å². The minimum absolute atomic E-state index is 0.101. The van der Waals surface area contributed by atoms with Crippen molar-refractivity contribution in [3.63, 3.8) is 0 Å². The highest BCUT2D eigenvalue weighted by molar-refractivity contribution is 8.00. The van der Waals surface area contributed by atoms with Gasteiger partial charge in [-0.2, -0.15) is 16.9 Å².